The van der Waals surface area contributed by atoms with E-state index in [1.807, 2.05) is 70.4 Å². The van der Waals surface area contributed by atoms with Crippen LogP contribution in [0, 0.1) is 0 Å². The lowest BCUT2D eigenvalue weighted by Gasteiger charge is -2.29. The maximum Gasteiger partial charge on any atom is 0.266 e. The third-order valence-corrected chi connectivity index (χ3v) is 7.80. The van der Waals surface area contributed by atoms with Crippen molar-refractivity contribution >= 4 is 40.3 Å². The Morgan fingerprint density at radius 1 is 1.03 bits per heavy atom. The lowest BCUT2D eigenvalue weighted by molar-refractivity contribution is -0.124. The van der Waals surface area contributed by atoms with Gasteiger partial charge in [0.25, 0.3) is 5.91 Å². The molecule has 6 nitrogen and oxygen atoms in total. The van der Waals surface area contributed by atoms with E-state index >= 15 is 0 Å². The van der Waals surface area contributed by atoms with Gasteiger partial charge in [0, 0.05) is 23.4 Å². The summed E-state index contributed by atoms with van der Waals surface area (Å²) in [6, 6.07) is 15.8. The Labute approximate surface area is 214 Å². The monoisotopic (exact) mass is 505 g/mol. The van der Waals surface area contributed by atoms with E-state index in [2.05, 4.69) is 0 Å². The van der Waals surface area contributed by atoms with Crippen molar-refractivity contribution < 1.29 is 14.3 Å². The van der Waals surface area contributed by atoms with Crippen LogP contribution in [0.15, 0.2) is 59.6 Å². The summed E-state index contributed by atoms with van der Waals surface area (Å²) in [5, 5.41) is 4.89. The van der Waals surface area contributed by atoms with Gasteiger partial charge in [0.05, 0.1) is 24.8 Å². The van der Waals surface area contributed by atoms with Crippen LogP contribution in [-0.2, 0) is 4.79 Å². The summed E-state index contributed by atoms with van der Waals surface area (Å²) in [5.41, 5.74) is 3.39. The number of hydrogen-bond acceptors (Lipinski definition) is 6. The van der Waals surface area contributed by atoms with Gasteiger partial charge in [-0.25, -0.2) is 4.68 Å². The van der Waals surface area contributed by atoms with Gasteiger partial charge in [0.15, 0.2) is 11.5 Å². The van der Waals surface area contributed by atoms with Crippen LogP contribution in [0.2, 0.25) is 0 Å². The number of thioether (sulfide) groups is 1. The summed E-state index contributed by atoms with van der Waals surface area (Å²) in [7, 11) is 3.23. The highest BCUT2D eigenvalue weighted by atomic mass is 32.2. The fraction of sp³-hybridized carbons (Fsp3) is 0.296. The van der Waals surface area contributed by atoms with Crippen LogP contribution in [0.4, 0.5) is 0 Å². The molecular weight excluding hydrogens is 478 g/mol. The molecule has 1 saturated carbocycles. The second-order valence-corrected chi connectivity index (χ2v) is 10.3. The first-order valence-corrected chi connectivity index (χ1v) is 13.0. The Morgan fingerprint density at radius 2 is 1.77 bits per heavy atom. The number of amides is 1. The molecule has 1 amide bonds. The molecule has 0 radical (unpaired) electrons. The first-order valence-electron chi connectivity index (χ1n) is 11.7. The van der Waals surface area contributed by atoms with Crippen LogP contribution in [0.1, 0.15) is 37.7 Å². The smallest absolute Gasteiger partial charge is 0.266 e. The highest BCUT2D eigenvalue weighted by Crippen LogP contribution is 2.39. The van der Waals surface area contributed by atoms with Crippen LogP contribution in [-0.4, -0.2) is 45.2 Å². The van der Waals surface area contributed by atoms with Gasteiger partial charge in [0.2, 0.25) is 0 Å². The number of methoxy groups -OCH3 is 2. The predicted molar refractivity (Wildman–Crippen MR) is 144 cm³/mol. The largest absolute Gasteiger partial charge is 0.493 e. The fourth-order valence-corrected chi connectivity index (χ4v) is 6.08. The van der Waals surface area contributed by atoms with Crippen molar-refractivity contribution in [1.29, 1.82) is 0 Å². The first kappa shape index (κ1) is 23.6. The van der Waals surface area contributed by atoms with E-state index < -0.39 is 0 Å². The summed E-state index contributed by atoms with van der Waals surface area (Å²) >= 11 is 7.02. The molecular formula is C27H27N3O3S2. The van der Waals surface area contributed by atoms with Crippen molar-refractivity contribution in [2.24, 2.45) is 0 Å². The zero-order valence-corrected chi connectivity index (χ0v) is 21.4. The normalized spacial score (nSPS) is 17.9. The first-order chi connectivity index (χ1) is 17.1. The highest BCUT2D eigenvalue weighted by Gasteiger charge is 2.37. The lowest BCUT2D eigenvalue weighted by Crippen LogP contribution is -2.39. The molecule has 1 aromatic heterocycles. The maximum atomic E-state index is 13.4. The minimum absolute atomic E-state index is 0.00220. The zero-order chi connectivity index (χ0) is 24.4. The summed E-state index contributed by atoms with van der Waals surface area (Å²) in [5.74, 6) is 1.26. The van der Waals surface area contributed by atoms with Crippen LogP contribution in [0.3, 0.4) is 0 Å². The number of aromatic nitrogens is 2. The number of nitrogens with zero attached hydrogens (tertiary/aromatic N) is 3. The van der Waals surface area contributed by atoms with Crippen molar-refractivity contribution in [2.45, 2.75) is 38.1 Å². The standard InChI is InChI=1S/C27H27N3O3S2/c1-32-22-14-13-18(15-23(22)33-2)25-19(17-29(28-25)20-9-5-3-6-10-20)16-24-26(31)30(27(34)35-24)21-11-7-4-8-12-21/h3,5-6,9-10,13-17,21H,4,7-8,11-12H2,1-2H3/b24-16-. The molecule has 2 aromatic carbocycles. The number of carbonyl (C=O) groups is 1. The minimum Gasteiger partial charge on any atom is -0.493 e. The van der Waals surface area contributed by atoms with Crippen molar-refractivity contribution in [3.8, 4) is 28.4 Å². The van der Waals surface area contributed by atoms with Gasteiger partial charge in [0.1, 0.15) is 10.0 Å². The van der Waals surface area contributed by atoms with E-state index in [1.54, 1.807) is 14.2 Å². The Kier molecular flexibility index (Phi) is 6.92. The number of para-hydroxylation sites is 1. The molecule has 1 saturated heterocycles. The Balaban J connectivity index is 1.56. The summed E-state index contributed by atoms with van der Waals surface area (Å²) < 4.78 is 13.4. The van der Waals surface area contributed by atoms with Gasteiger partial charge < -0.3 is 9.47 Å². The molecule has 0 atom stereocenters. The average molecular weight is 506 g/mol. The maximum absolute atomic E-state index is 13.4. The Morgan fingerprint density at radius 3 is 2.49 bits per heavy atom. The molecule has 0 spiro atoms. The number of hydrogen-bond donors (Lipinski definition) is 0. The zero-order valence-electron chi connectivity index (χ0n) is 19.8. The van der Waals surface area contributed by atoms with Crippen LogP contribution in [0.5, 0.6) is 11.5 Å². The molecule has 35 heavy (non-hydrogen) atoms. The van der Waals surface area contributed by atoms with Gasteiger partial charge in [-0.15, -0.1) is 0 Å². The molecule has 5 rings (SSSR count). The third kappa shape index (κ3) is 4.73. The van der Waals surface area contributed by atoms with Gasteiger partial charge in [-0.2, -0.15) is 5.10 Å². The van der Waals surface area contributed by atoms with Gasteiger partial charge in [-0.1, -0.05) is 61.4 Å². The molecule has 3 aromatic rings. The van der Waals surface area contributed by atoms with E-state index in [1.165, 1.54) is 18.2 Å². The number of ether oxygens (including phenoxy) is 2. The van der Waals surface area contributed by atoms with Crippen LogP contribution in [0.25, 0.3) is 23.0 Å². The number of rotatable bonds is 6. The van der Waals surface area contributed by atoms with Crippen molar-refractivity contribution in [3.05, 3.63) is 65.2 Å². The number of benzene rings is 2. The molecule has 180 valence electrons. The molecule has 0 unspecified atom stereocenters. The molecule has 0 N–H and O–H groups in total. The quantitative estimate of drug-likeness (QED) is 0.298. The summed E-state index contributed by atoms with van der Waals surface area (Å²) in [6.07, 6.45) is 9.43. The molecule has 0 bridgehead atoms. The van der Waals surface area contributed by atoms with Gasteiger partial charge >= 0.3 is 0 Å². The van der Waals surface area contributed by atoms with Crippen molar-refractivity contribution in [1.82, 2.24) is 14.7 Å². The van der Waals surface area contributed by atoms with Gasteiger partial charge in [-0.05, 0) is 49.2 Å². The topological polar surface area (TPSA) is 56.6 Å². The molecule has 2 fully saturated rings. The van der Waals surface area contributed by atoms with Crippen molar-refractivity contribution in [2.75, 3.05) is 14.2 Å². The van der Waals surface area contributed by atoms with Crippen molar-refractivity contribution in [3.63, 3.8) is 0 Å². The van der Waals surface area contributed by atoms with Gasteiger partial charge in [-0.3, -0.25) is 9.69 Å². The highest BCUT2D eigenvalue weighted by molar-refractivity contribution is 8.26. The van der Waals surface area contributed by atoms with Crippen LogP contribution < -0.4 is 9.47 Å². The minimum atomic E-state index is -0.00220. The molecule has 2 aliphatic rings. The van der Waals surface area contributed by atoms with E-state index in [-0.39, 0.29) is 11.9 Å². The second-order valence-electron chi connectivity index (χ2n) is 8.63. The third-order valence-electron chi connectivity index (χ3n) is 6.47. The fourth-order valence-electron chi connectivity index (χ4n) is 4.69. The predicted octanol–water partition coefficient (Wildman–Crippen LogP) is 6.09. The Bertz CT molecular complexity index is 1280. The molecule has 8 heteroatoms. The lowest BCUT2D eigenvalue weighted by atomic mass is 9.94. The summed E-state index contributed by atoms with van der Waals surface area (Å²) in [6.45, 7) is 0. The molecule has 1 aliphatic carbocycles. The molecule has 2 heterocycles. The summed E-state index contributed by atoms with van der Waals surface area (Å²) in [4.78, 5) is 15.9. The van der Waals surface area contributed by atoms with E-state index in [4.69, 9.17) is 26.8 Å². The van der Waals surface area contributed by atoms with E-state index in [0.29, 0.717) is 20.7 Å². The number of carbonyl (C=O) groups excluding carboxylic acids is 1. The average Bonchev–Trinajstić information content (AvgIpc) is 3.44. The van der Waals surface area contributed by atoms with E-state index in [0.717, 1.165) is 48.2 Å². The SMILES string of the molecule is COc1ccc(-c2nn(-c3ccccc3)cc2/C=C2\SC(=S)N(C3CCCCC3)C2=O)cc1OC. The molecule has 1 aliphatic heterocycles. The van der Waals surface area contributed by atoms with Crippen LogP contribution >= 0.6 is 24.0 Å². The van der Waals surface area contributed by atoms with E-state index in [9.17, 15) is 4.79 Å². The number of thiocarbonyl (C=S) groups is 1. The Hall–Kier alpha value is -3.10. The second kappa shape index (κ2) is 10.3.